The number of anilines is 1. The van der Waals surface area contributed by atoms with Gasteiger partial charge in [-0.1, -0.05) is 20.8 Å². The maximum absolute atomic E-state index is 12.9. The first-order chi connectivity index (χ1) is 11.6. The van der Waals surface area contributed by atoms with Gasteiger partial charge in [0.05, 0.1) is 17.2 Å². The van der Waals surface area contributed by atoms with Crippen molar-refractivity contribution >= 4 is 11.6 Å². The first-order valence-electron chi connectivity index (χ1n) is 7.44. The van der Waals surface area contributed by atoms with Gasteiger partial charge in [0.2, 0.25) is 5.96 Å². The highest BCUT2D eigenvalue weighted by atomic mass is 19.4. The van der Waals surface area contributed by atoms with Crippen molar-refractivity contribution in [2.45, 2.75) is 46.1 Å². The summed E-state index contributed by atoms with van der Waals surface area (Å²) in [7, 11) is 0. The number of hydrogen-bond donors (Lipinski definition) is 2. The van der Waals surface area contributed by atoms with Gasteiger partial charge in [0, 0.05) is 5.69 Å². The third-order valence-electron chi connectivity index (χ3n) is 3.60. The second kappa shape index (κ2) is 7.43. The maximum Gasteiger partial charge on any atom is 0.416 e. The molecule has 144 valence electrons. The molecular weight excluding hydrogens is 362 g/mol. The van der Waals surface area contributed by atoms with Crippen LogP contribution in [0.4, 0.5) is 32.0 Å². The van der Waals surface area contributed by atoms with E-state index < -0.39 is 29.2 Å². The van der Waals surface area contributed by atoms with Gasteiger partial charge in [-0.15, -0.1) is 0 Å². The third-order valence-corrected chi connectivity index (χ3v) is 3.60. The first kappa shape index (κ1) is 21.6. The van der Waals surface area contributed by atoms with Crippen molar-refractivity contribution in [3.05, 3.63) is 29.3 Å². The Kier molecular flexibility index (Phi) is 6.18. The average molecular weight is 380 g/mol. The zero-order valence-corrected chi connectivity index (χ0v) is 14.5. The number of benzene rings is 1. The predicted molar refractivity (Wildman–Crippen MR) is 85.2 cm³/mol. The van der Waals surface area contributed by atoms with Crippen LogP contribution in [0.25, 0.3) is 0 Å². The molecule has 0 aromatic heterocycles. The quantitative estimate of drug-likeness (QED) is 0.250. The lowest BCUT2D eigenvalue weighted by atomic mass is 9.88. The predicted octanol–water partition coefficient (Wildman–Crippen LogP) is 5.00. The molecule has 1 aromatic rings. The number of rotatable bonds is 2. The molecule has 0 spiro atoms. The lowest BCUT2D eigenvalue weighted by molar-refractivity contribution is -0.143. The molecule has 0 aliphatic rings. The molecule has 0 aliphatic carbocycles. The summed E-state index contributed by atoms with van der Waals surface area (Å²) in [5.41, 5.74) is -3.76. The summed E-state index contributed by atoms with van der Waals surface area (Å²) in [4.78, 5) is 4.13. The van der Waals surface area contributed by atoms with Crippen molar-refractivity contribution in [1.29, 1.82) is 5.26 Å². The van der Waals surface area contributed by atoms with E-state index >= 15 is 0 Å². The molecule has 0 bridgehead atoms. The molecule has 0 radical (unpaired) electrons. The number of nitrogens with one attached hydrogen (secondary N) is 2. The van der Waals surface area contributed by atoms with Crippen molar-refractivity contribution in [2.75, 3.05) is 5.32 Å². The molecule has 0 amide bonds. The minimum absolute atomic E-state index is 0.0253. The Bertz CT molecular complexity index is 675. The van der Waals surface area contributed by atoms with Crippen LogP contribution in [-0.2, 0) is 12.4 Å². The van der Waals surface area contributed by atoms with E-state index in [1.807, 2.05) is 20.8 Å². The van der Waals surface area contributed by atoms with E-state index in [0.717, 1.165) is 0 Å². The van der Waals surface area contributed by atoms with Crippen molar-refractivity contribution in [2.24, 2.45) is 10.4 Å². The number of aliphatic imine (C=N–C) groups is 1. The van der Waals surface area contributed by atoms with Crippen LogP contribution < -0.4 is 10.6 Å². The lowest BCUT2D eigenvalue weighted by Crippen LogP contribution is -2.32. The van der Waals surface area contributed by atoms with Gasteiger partial charge in [0.15, 0.2) is 6.19 Å². The highest BCUT2D eigenvalue weighted by Crippen LogP contribution is 2.37. The molecule has 0 aliphatic heterocycles. The van der Waals surface area contributed by atoms with E-state index in [9.17, 15) is 26.3 Å². The van der Waals surface area contributed by atoms with E-state index in [1.165, 1.54) is 0 Å². The topological polar surface area (TPSA) is 60.2 Å². The van der Waals surface area contributed by atoms with E-state index in [2.05, 4.69) is 15.6 Å². The SMILES string of the molecule is C[C@H](N=C(NC#N)Nc1cc(C(F)(F)F)cc(C(F)(F)F)c1)C(C)(C)C. The number of guanidine groups is 1. The van der Waals surface area contributed by atoms with Crippen LogP contribution in [-0.4, -0.2) is 12.0 Å². The molecule has 10 heteroatoms. The van der Waals surface area contributed by atoms with Crippen LogP contribution in [0.3, 0.4) is 0 Å². The lowest BCUT2D eigenvalue weighted by Gasteiger charge is -2.24. The highest BCUT2D eigenvalue weighted by Gasteiger charge is 2.37. The van der Waals surface area contributed by atoms with Crippen molar-refractivity contribution in [3.8, 4) is 6.19 Å². The van der Waals surface area contributed by atoms with Gasteiger partial charge in [0.1, 0.15) is 0 Å². The van der Waals surface area contributed by atoms with Crippen LogP contribution in [0.2, 0.25) is 0 Å². The van der Waals surface area contributed by atoms with Crippen LogP contribution in [0.5, 0.6) is 0 Å². The van der Waals surface area contributed by atoms with E-state index in [1.54, 1.807) is 13.1 Å². The van der Waals surface area contributed by atoms with Gasteiger partial charge >= 0.3 is 12.4 Å². The molecule has 1 aromatic carbocycles. The van der Waals surface area contributed by atoms with Crippen LogP contribution in [0.1, 0.15) is 38.8 Å². The molecule has 0 saturated heterocycles. The zero-order valence-electron chi connectivity index (χ0n) is 14.5. The number of alkyl halides is 6. The van der Waals surface area contributed by atoms with Crippen LogP contribution in [0.15, 0.2) is 23.2 Å². The van der Waals surface area contributed by atoms with Crippen molar-refractivity contribution < 1.29 is 26.3 Å². The first-order valence-corrected chi connectivity index (χ1v) is 7.44. The summed E-state index contributed by atoms with van der Waals surface area (Å²) in [5, 5.41) is 13.2. The highest BCUT2D eigenvalue weighted by molar-refractivity contribution is 5.94. The van der Waals surface area contributed by atoms with E-state index in [0.29, 0.717) is 12.1 Å². The molecule has 0 fully saturated rings. The molecule has 0 heterocycles. The molecule has 0 unspecified atom stereocenters. The number of hydrogen-bond acceptors (Lipinski definition) is 2. The van der Waals surface area contributed by atoms with Gasteiger partial charge in [-0.25, -0.2) is 4.99 Å². The fraction of sp³-hybridized carbons (Fsp3) is 0.500. The molecular formula is C16H18F6N4. The van der Waals surface area contributed by atoms with Crippen LogP contribution in [0, 0.1) is 16.9 Å². The Labute approximate surface area is 146 Å². The average Bonchev–Trinajstić information content (AvgIpc) is 2.44. The number of halogens is 6. The Hall–Kier alpha value is -2.44. The molecule has 4 nitrogen and oxygen atoms in total. The normalized spacial score (nSPS) is 14.6. The van der Waals surface area contributed by atoms with Gasteiger partial charge in [-0.3, -0.25) is 5.32 Å². The largest absolute Gasteiger partial charge is 0.416 e. The Morgan fingerprint density at radius 2 is 1.46 bits per heavy atom. The van der Waals surface area contributed by atoms with Gasteiger partial charge in [-0.05, 0) is 30.5 Å². The summed E-state index contributed by atoms with van der Waals surface area (Å²) in [6, 6.07) is 0.688. The second-order valence-electron chi connectivity index (χ2n) is 6.68. The van der Waals surface area contributed by atoms with Gasteiger partial charge < -0.3 is 5.32 Å². The summed E-state index contributed by atoms with van der Waals surface area (Å²) in [5.74, 6) is -0.248. The van der Waals surface area contributed by atoms with Crippen molar-refractivity contribution in [1.82, 2.24) is 5.32 Å². The Morgan fingerprint density at radius 3 is 1.81 bits per heavy atom. The van der Waals surface area contributed by atoms with E-state index in [4.69, 9.17) is 5.26 Å². The fourth-order valence-electron chi connectivity index (χ4n) is 1.70. The minimum atomic E-state index is -4.96. The molecule has 26 heavy (non-hydrogen) atoms. The van der Waals surface area contributed by atoms with E-state index in [-0.39, 0.29) is 23.5 Å². The molecule has 2 N–H and O–H groups in total. The smallest absolute Gasteiger partial charge is 0.325 e. The Morgan fingerprint density at radius 1 is 1.00 bits per heavy atom. The minimum Gasteiger partial charge on any atom is -0.325 e. The van der Waals surface area contributed by atoms with Gasteiger partial charge in [-0.2, -0.15) is 31.6 Å². The Balaban J connectivity index is 3.35. The maximum atomic E-state index is 12.9. The summed E-state index contributed by atoms with van der Waals surface area (Å²) in [6.45, 7) is 7.24. The third kappa shape index (κ3) is 6.13. The zero-order chi connectivity index (χ0) is 20.3. The van der Waals surface area contributed by atoms with Crippen LogP contribution >= 0.6 is 0 Å². The summed E-state index contributed by atoms with van der Waals surface area (Å²) >= 11 is 0. The second-order valence-corrected chi connectivity index (χ2v) is 6.68. The summed E-state index contributed by atoms with van der Waals surface area (Å²) < 4.78 is 77.4. The summed E-state index contributed by atoms with van der Waals surface area (Å²) in [6.07, 6.45) is -8.38. The number of nitriles is 1. The molecule has 1 atom stereocenters. The molecule has 0 saturated carbocycles. The number of nitrogens with zero attached hydrogens (tertiary/aromatic N) is 2. The molecule has 1 rings (SSSR count). The van der Waals surface area contributed by atoms with Crippen molar-refractivity contribution in [3.63, 3.8) is 0 Å². The fourth-order valence-corrected chi connectivity index (χ4v) is 1.70. The standard InChI is InChI=1S/C16H18F6N4/c1-9(14(2,3)4)25-13(24-8-23)26-12-6-10(15(17,18)19)5-11(7-12)16(20,21)22/h5-7,9H,1-4H3,(H2,24,25,26)/t9-/m0/s1. The van der Waals surface area contributed by atoms with Gasteiger partial charge in [0.25, 0.3) is 0 Å². The monoisotopic (exact) mass is 380 g/mol.